The van der Waals surface area contributed by atoms with Gasteiger partial charge in [-0.15, -0.1) is 0 Å². The third-order valence-corrected chi connectivity index (χ3v) is 19.2. The van der Waals surface area contributed by atoms with E-state index >= 15 is 0 Å². The van der Waals surface area contributed by atoms with Crippen LogP contribution in [0.2, 0.25) is 8.47 Å². The molecule has 12 N–H and O–H groups in total. The lowest BCUT2D eigenvalue weighted by Crippen LogP contribution is -2.28. The lowest BCUT2D eigenvalue weighted by Gasteiger charge is -2.09. The fourth-order valence-electron chi connectivity index (χ4n) is 13.2. The second kappa shape index (κ2) is 43.7. The molecule has 6 atom stereocenters. The summed E-state index contributed by atoms with van der Waals surface area (Å²) in [6.45, 7) is -26.7. The van der Waals surface area contributed by atoms with Crippen molar-refractivity contribution in [3.05, 3.63) is 213 Å². The van der Waals surface area contributed by atoms with Crippen LogP contribution in [0.1, 0.15) is 133 Å². The third-order valence-electron chi connectivity index (χ3n) is 19.2. The van der Waals surface area contributed by atoms with Crippen LogP contribution in [0.15, 0.2) is 146 Å². The van der Waals surface area contributed by atoms with E-state index in [9.17, 15) is 28.8 Å². The summed E-state index contributed by atoms with van der Waals surface area (Å²) in [5.74, 6) is 0. The molecule has 0 bridgehead atoms. The first-order valence-corrected chi connectivity index (χ1v) is 39.3. The average molecular weight is 1780 g/mol. The van der Waals surface area contributed by atoms with Crippen LogP contribution in [0.25, 0.3) is 65.4 Å². The smallest absolute Gasteiger partial charge is 0.407 e. The number of hydrogen-bond acceptors (Lipinski definition) is 18. The van der Waals surface area contributed by atoms with Crippen molar-refractivity contribution in [1.29, 1.82) is 0 Å². The molecule has 12 heterocycles. The molecule has 672 valence electrons. The van der Waals surface area contributed by atoms with Crippen LogP contribution in [0.3, 0.4) is 0 Å². The fourth-order valence-corrected chi connectivity index (χ4v) is 13.2. The molecular formula is C96H126N18O12. The second-order valence-corrected chi connectivity index (χ2v) is 29.7. The number of nitrogens with one attached hydrogen (secondary N) is 12. The van der Waals surface area contributed by atoms with E-state index < -0.39 is 182 Å². The van der Waals surface area contributed by atoms with Crippen LogP contribution in [0.5, 0.6) is 0 Å². The molecule has 6 aromatic heterocycles. The number of hydrogen-bond donors (Lipinski definition) is 12. The van der Waals surface area contributed by atoms with E-state index in [1.807, 2.05) is 19.0 Å². The van der Waals surface area contributed by atoms with Crippen molar-refractivity contribution in [2.45, 2.75) is 113 Å². The maximum absolute atomic E-state index is 11.5. The zero-order chi connectivity index (χ0) is 136. The molecule has 6 aromatic carbocycles. The summed E-state index contributed by atoms with van der Waals surface area (Å²) in [5.41, 5.74) is 1.60. The Morgan fingerprint density at radius 3 is 0.849 bits per heavy atom. The van der Waals surface area contributed by atoms with Gasteiger partial charge in [0.05, 0.1) is 60.9 Å². The van der Waals surface area contributed by atoms with E-state index in [0.29, 0.717) is 48.7 Å². The van der Waals surface area contributed by atoms with Crippen LogP contribution in [-0.2, 0) is 105 Å². The normalized spacial score (nSPS) is 26.0. The summed E-state index contributed by atoms with van der Waals surface area (Å²) in [4.78, 5) is 83.3. The molecule has 0 saturated carbocycles. The van der Waals surface area contributed by atoms with Gasteiger partial charge in [-0.05, 0) is 300 Å². The van der Waals surface area contributed by atoms with Crippen molar-refractivity contribution in [3.8, 4) is 0 Å². The monoisotopic (exact) mass is 1780 g/mol. The summed E-state index contributed by atoms with van der Waals surface area (Å²) in [6, 6.07) is -7.84. The van der Waals surface area contributed by atoms with Gasteiger partial charge in [-0.1, -0.05) is 36.3 Å². The number of ether oxygens (including phenoxy) is 6. The van der Waals surface area contributed by atoms with Crippen molar-refractivity contribution in [2.24, 2.45) is 0 Å². The van der Waals surface area contributed by atoms with Crippen LogP contribution in [0.4, 0.5) is 28.8 Å². The number of likely N-dealkylation sites (N-methyl/N-ethyl adjacent to an activating group) is 6. The Labute approximate surface area is 812 Å². The Morgan fingerprint density at radius 2 is 0.571 bits per heavy atom. The molecular weight excluding hydrogens is 1600 g/mol. The molecule has 0 aliphatic carbocycles. The molecule has 6 amide bonds. The number of alkyl carbamates (subject to hydrolysis) is 6. The van der Waals surface area contributed by atoms with Crippen molar-refractivity contribution in [1.82, 2.24) is 91.2 Å². The Hall–Kier alpha value is -12.1. The Morgan fingerprint density at radius 1 is 0.310 bits per heavy atom. The number of aromatic nitrogens is 6. The Bertz CT molecular complexity index is 8410. The molecule has 0 unspecified atom stereocenters. The molecule has 6 fully saturated rings. The minimum Gasteiger partial charge on any atom is -0.447 e. The summed E-state index contributed by atoms with van der Waals surface area (Å²) in [7, 11) is 9.10. The minimum absolute atomic E-state index is 0.00647. The van der Waals surface area contributed by atoms with E-state index in [1.54, 1.807) is 6.20 Å². The molecule has 12 aromatic rings. The molecule has 6 saturated heterocycles. The number of amides is 6. The summed E-state index contributed by atoms with van der Waals surface area (Å²) >= 11 is 0. The molecule has 30 nitrogen and oxygen atoms in total. The van der Waals surface area contributed by atoms with Crippen molar-refractivity contribution in [2.75, 3.05) is 163 Å². The van der Waals surface area contributed by atoms with Gasteiger partial charge in [0.15, 0.2) is 8.47 Å². The molecule has 30 heteroatoms. The second-order valence-electron chi connectivity index (χ2n) is 29.7. The first kappa shape index (κ1) is 44.9. The van der Waals surface area contributed by atoms with Gasteiger partial charge in [0.25, 0.3) is 0 Å². The molecule has 0 radical (unpaired) electrons. The quantitative estimate of drug-likeness (QED) is 0.0186. The van der Waals surface area contributed by atoms with Crippen LogP contribution < -0.4 is 31.9 Å². The van der Waals surface area contributed by atoms with Gasteiger partial charge < -0.3 is 120 Å². The molecule has 126 heavy (non-hydrogen) atoms. The summed E-state index contributed by atoms with van der Waals surface area (Å²) < 4.78 is 461. The SMILES string of the molecule is [2H]c1c(C[C@H]2COC(=O)N2)c([2H])c2c(C([2H])([2H])C([2H])([2H])N(C([2H])([2H])[2H])C([2H])([2H])[2H])c[nH]c2c1[2H].[2H]c1c(C[C@H]2COC(=O)N2)c([2H])c2c(C([2H])([2H])C([2H])([2H])N(C)C([2H])([2H])[2H])c[nH]c2c1[2H].[2H]c1c(C[C@H]2COC(=O)N2)c([2H])c2c(C([2H])([2H])C([2H])([2H])N(C)C)c[nH]c2c1[2H].[2H]c1c(C[C@H]2COC(=O)N2[2H])c([2H])c2c(CCN(C([2H])([2H])[2H])C([2H])([2H])[2H])cn([2H])c2c1[2H].[2H]c1c(C[C@H]2COC(=O)N2[2H])c([2H])c2c(CCN(C)C([2H])([2H])[2H])cn([2H])c2c1[2H].[2H]c1c(C[C@H]2COC(=O)N2[2H])c([2H])c2c(CCN(C)C)cn([2H])c2c1[2H]. The topological polar surface area (TPSA) is 344 Å². The summed E-state index contributed by atoms with van der Waals surface area (Å²) in [6.07, 6.45) is -4.76. The standard InChI is InChI=1S/6C16H21N3O2/c6*1-19(2)6-5-12-9-17-15-4-3-11(8-14(12)15)7-13-10-21-16(20)18-13/h6*3-4,8-9,13,17H,5-7,10H2,1-2H3,(H,18,20)/t6*13-/m000000/s1/i1D3,2D3,3D,4D,5D2,6D2,8D;1D3,3D,4D,5D2,6D2,8D;3D,4D,5D2,6D2,8D;1D3,2D3,3D,4D,8D;1D3,3D,4D,8D;3D,4D,8D/hD6. The van der Waals surface area contributed by atoms with Gasteiger partial charge in [0.2, 0.25) is 0 Å². The first-order chi connectivity index (χ1) is 82.6. The maximum Gasteiger partial charge on any atom is 0.407 e. The number of H-pyrrole nitrogens is 6. The predicted octanol–water partition coefficient (Wildman–Crippen LogP) is 11.5. The number of benzene rings is 6. The van der Waals surface area contributed by atoms with Gasteiger partial charge in [-0.2, -0.15) is 0 Å². The zero-order valence-corrected chi connectivity index (χ0v) is 68.9. The van der Waals surface area contributed by atoms with Crippen molar-refractivity contribution < 1.29 is 131 Å². The van der Waals surface area contributed by atoms with E-state index in [1.165, 1.54) is 44.6 Å². The summed E-state index contributed by atoms with van der Waals surface area (Å²) in [5, 5.41) is 10.1. The van der Waals surface area contributed by atoms with Crippen LogP contribution in [-0.4, -0.2) is 295 Å². The number of cyclic esters (lactones) is 6. The highest BCUT2D eigenvalue weighted by molar-refractivity contribution is 5.88. The minimum atomic E-state index is -3.62. The van der Waals surface area contributed by atoms with E-state index in [-0.39, 0.29) is 293 Å². The Balaban J connectivity index is 0.000000176. The third kappa shape index (κ3) is 26.5. The van der Waals surface area contributed by atoms with Gasteiger partial charge in [-0.3, -0.25) is 0 Å². The number of carbonyl (C=O) groups excluding carboxylic acids is 6. The van der Waals surface area contributed by atoms with Gasteiger partial charge in [0.1, 0.15) is 39.6 Å². The van der Waals surface area contributed by atoms with Crippen molar-refractivity contribution >= 4 is 102 Å². The highest BCUT2D eigenvalue weighted by Crippen LogP contribution is 2.29. The largest absolute Gasteiger partial charge is 0.447 e. The van der Waals surface area contributed by atoms with E-state index in [4.69, 9.17) is 103 Å². The van der Waals surface area contributed by atoms with Gasteiger partial charge in [-0.25, -0.2) is 28.8 Å². The maximum atomic E-state index is 11.5. The number of aromatic amines is 6. The molecule has 6 aliphatic rings. The predicted molar refractivity (Wildman–Crippen MR) is 495 cm³/mol. The van der Waals surface area contributed by atoms with E-state index in [2.05, 4.69) is 30.9 Å². The number of rotatable bonds is 30. The Kier molecular flexibility index (Phi) is 15.6. The van der Waals surface area contributed by atoms with Crippen LogP contribution in [0, 0.1) is 0 Å². The number of fused-ring (bicyclic) bond motifs is 6. The molecule has 0 spiro atoms. The molecule has 6 aliphatic heterocycles. The first-order valence-electron chi connectivity index (χ1n) is 65.9. The lowest BCUT2D eigenvalue weighted by molar-refractivity contribution is 0.176. The number of aryl methyl sites for hydroxylation is 3. The average Bonchev–Trinajstić information content (AvgIpc) is 1.46. The zero-order valence-electron chi connectivity index (χ0n) is 123. The highest BCUT2D eigenvalue weighted by Gasteiger charge is 2.29. The van der Waals surface area contributed by atoms with Gasteiger partial charge >= 0.3 is 36.6 Å². The van der Waals surface area contributed by atoms with Gasteiger partial charge in [0, 0.05) is 183 Å². The number of carbonyl (C=O) groups is 6. The van der Waals surface area contributed by atoms with Crippen LogP contribution >= 0.6 is 0 Å². The lowest BCUT2D eigenvalue weighted by atomic mass is 10.0. The fraction of sp³-hybridized carbons (Fsp3) is 0.438. The highest BCUT2D eigenvalue weighted by atomic mass is 16.6. The number of nitrogens with zero attached hydrogens (tertiary/aromatic N) is 6. The van der Waals surface area contributed by atoms with Crippen molar-refractivity contribution in [3.63, 3.8) is 0 Å². The molecule has 18 rings (SSSR count). The van der Waals surface area contributed by atoms with E-state index in [0.717, 1.165) is 56.7 Å².